The summed E-state index contributed by atoms with van der Waals surface area (Å²) in [5.41, 5.74) is 4.52. The molecule has 4 heteroatoms. The van der Waals surface area contributed by atoms with Crippen LogP contribution in [-0.4, -0.2) is 12.8 Å². The van der Waals surface area contributed by atoms with Gasteiger partial charge in [0, 0.05) is 6.54 Å². The van der Waals surface area contributed by atoms with Crippen LogP contribution in [0.15, 0.2) is 42.5 Å². The molecule has 2 rings (SSSR count). The number of carbonyl (C=O) groups excluding carboxylic acids is 1. The van der Waals surface area contributed by atoms with E-state index in [1.807, 2.05) is 63.2 Å². The molecule has 0 heterocycles. The van der Waals surface area contributed by atoms with Crippen LogP contribution < -0.4 is 15.4 Å². The van der Waals surface area contributed by atoms with E-state index in [0.29, 0.717) is 6.54 Å². The Morgan fingerprint density at radius 3 is 2.32 bits per heavy atom. The summed E-state index contributed by atoms with van der Waals surface area (Å²) in [4.78, 5) is 11.7. The quantitative estimate of drug-likeness (QED) is 0.831. The monoisotopic (exact) mass is 298 g/mol. The summed E-state index contributed by atoms with van der Waals surface area (Å²) in [5, 5.41) is 5.48. The number of urea groups is 1. The van der Waals surface area contributed by atoms with Gasteiger partial charge in [-0.1, -0.05) is 47.5 Å². The minimum Gasteiger partial charge on any atom is -0.473 e. The first-order valence-electron chi connectivity index (χ1n) is 7.32. The largest absolute Gasteiger partial charge is 0.473 e. The fraction of sp³-hybridized carbons (Fsp3) is 0.278. The van der Waals surface area contributed by atoms with Crippen LogP contribution in [0.3, 0.4) is 0 Å². The van der Waals surface area contributed by atoms with Crippen LogP contribution in [0.1, 0.15) is 22.3 Å². The van der Waals surface area contributed by atoms with Crippen LogP contribution in [0.2, 0.25) is 0 Å². The Hall–Kier alpha value is -2.49. The fourth-order valence-electron chi connectivity index (χ4n) is 2.09. The second-order valence-electron chi connectivity index (χ2n) is 5.40. The molecular weight excluding hydrogens is 276 g/mol. The van der Waals surface area contributed by atoms with Crippen molar-refractivity contribution >= 4 is 6.03 Å². The maximum atomic E-state index is 11.7. The van der Waals surface area contributed by atoms with Gasteiger partial charge in [0.05, 0.1) is 0 Å². The highest BCUT2D eigenvalue weighted by atomic mass is 16.5. The normalized spacial score (nSPS) is 10.1. The summed E-state index contributed by atoms with van der Waals surface area (Å²) in [6, 6.07) is 13.8. The van der Waals surface area contributed by atoms with Gasteiger partial charge in [-0.25, -0.2) is 4.79 Å². The summed E-state index contributed by atoms with van der Waals surface area (Å²) in [6.07, 6.45) is 0. The van der Waals surface area contributed by atoms with Gasteiger partial charge in [0.2, 0.25) is 0 Å². The van der Waals surface area contributed by atoms with E-state index in [9.17, 15) is 4.79 Å². The van der Waals surface area contributed by atoms with Crippen LogP contribution in [0.5, 0.6) is 5.75 Å². The maximum Gasteiger partial charge on any atom is 0.317 e. The molecule has 0 radical (unpaired) electrons. The highest BCUT2D eigenvalue weighted by Crippen LogP contribution is 2.18. The van der Waals surface area contributed by atoms with Crippen LogP contribution >= 0.6 is 0 Å². The predicted molar refractivity (Wildman–Crippen MR) is 88.0 cm³/mol. The zero-order valence-electron chi connectivity index (χ0n) is 13.3. The van der Waals surface area contributed by atoms with Gasteiger partial charge in [0.15, 0.2) is 6.73 Å². The summed E-state index contributed by atoms with van der Waals surface area (Å²) in [6.45, 7) is 6.70. The molecule has 0 aromatic heterocycles. The minimum atomic E-state index is -0.245. The Bertz CT molecular complexity index is 636. The topological polar surface area (TPSA) is 50.4 Å². The van der Waals surface area contributed by atoms with Gasteiger partial charge in [-0.15, -0.1) is 0 Å². The van der Waals surface area contributed by atoms with Gasteiger partial charge in [0.1, 0.15) is 5.75 Å². The Balaban J connectivity index is 1.72. The van der Waals surface area contributed by atoms with Crippen molar-refractivity contribution < 1.29 is 9.53 Å². The number of ether oxygens (including phenoxy) is 1. The summed E-state index contributed by atoms with van der Waals surface area (Å²) < 4.78 is 5.56. The lowest BCUT2D eigenvalue weighted by Crippen LogP contribution is -2.37. The number of benzene rings is 2. The van der Waals surface area contributed by atoms with Crippen LogP contribution in [0.4, 0.5) is 4.79 Å². The van der Waals surface area contributed by atoms with Crippen LogP contribution in [0.25, 0.3) is 0 Å². The van der Waals surface area contributed by atoms with Gasteiger partial charge in [-0.05, 0) is 38.0 Å². The van der Waals surface area contributed by atoms with Crippen LogP contribution in [-0.2, 0) is 6.54 Å². The van der Waals surface area contributed by atoms with Gasteiger partial charge < -0.3 is 15.4 Å². The Morgan fingerprint density at radius 2 is 1.64 bits per heavy atom. The summed E-state index contributed by atoms with van der Waals surface area (Å²) in [7, 11) is 0. The molecular formula is C18H22N2O2. The minimum absolute atomic E-state index is 0.142. The van der Waals surface area contributed by atoms with Gasteiger partial charge in [-0.2, -0.15) is 0 Å². The second-order valence-corrected chi connectivity index (χ2v) is 5.40. The second kappa shape index (κ2) is 7.50. The van der Waals surface area contributed by atoms with Gasteiger partial charge >= 0.3 is 6.03 Å². The number of hydrogen-bond acceptors (Lipinski definition) is 2. The first-order chi connectivity index (χ1) is 10.5. The van der Waals surface area contributed by atoms with Gasteiger partial charge in [0.25, 0.3) is 0 Å². The van der Waals surface area contributed by atoms with E-state index in [1.165, 1.54) is 11.1 Å². The number of nitrogens with one attached hydrogen (secondary N) is 2. The van der Waals surface area contributed by atoms with E-state index >= 15 is 0 Å². The lowest BCUT2D eigenvalue weighted by molar-refractivity contribution is 0.223. The first kappa shape index (κ1) is 15.9. The van der Waals surface area contributed by atoms with Crippen molar-refractivity contribution in [1.82, 2.24) is 10.6 Å². The zero-order valence-corrected chi connectivity index (χ0v) is 13.3. The SMILES string of the molecule is Cc1ccc(CNC(=O)NCOc2ccc(C)cc2C)cc1. The average Bonchev–Trinajstić information content (AvgIpc) is 2.49. The summed E-state index contributed by atoms with van der Waals surface area (Å²) >= 11 is 0. The Kier molecular flexibility index (Phi) is 5.42. The first-order valence-corrected chi connectivity index (χ1v) is 7.32. The third-order valence-electron chi connectivity index (χ3n) is 3.36. The van der Waals surface area contributed by atoms with E-state index in [-0.39, 0.29) is 12.8 Å². The molecule has 2 aromatic carbocycles. The van der Waals surface area contributed by atoms with Gasteiger partial charge in [-0.3, -0.25) is 0 Å². The molecule has 0 bridgehead atoms. The lowest BCUT2D eigenvalue weighted by atomic mass is 10.1. The Morgan fingerprint density at radius 1 is 0.955 bits per heavy atom. The molecule has 2 amide bonds. The highest BCUT2D eigenvalue weighted by molar-refractivity contribution is 5.73. The van der Waals surface area contributed by atoms with Crippen molar-refractivity contribution in [1.29, 1.82) is 0 Å². The molecule has 0 unspecified atom stereocenters. The van der Waals surface area contributed by atoms with Crippen molar-refractivity contribution in [2.75, 3.05) is 6.73 Å². The lowest BCUT2D eigenvalue weighted by Gasteiger charge is -2.11. The molecule has 0 aliphatic heterocycles. The third-order valence-corrected chi connectivity index (χ3v) is 3.36. The standard InChI is InChI=1S/C18H22N2O2/c1-13-4-7-16(8-5-13)11-19-18(21)20-12-22-17-9-6-14(2)10-15(17)3/h4-10H,11-12H2,1-3H3,(H2,19,20,21). The van der Waals surface area contributed by atoms with Crippen molar-refractivity contribution in [3.8, 4) is 5.75 Å². The van der Waals surface area contributed by atoms with E-state index < -0.39 is 0 Å². The number of amides is 2. The fourth-order valence-corrected chi connectivity index (χ4v) is 2.09. The highest BCUT2D eigenvalue weighted by Gasteiger charge is 2.02. The van der Waals surface area contributed by atoms with Crippen molar-refractivity contribution in [3.05, 3.63) is 64.7 Å². The number of carbonyl (C=O) groups is 1. The summed E-state index contributed by atoms with van der Waals surface area (Å²) in [5.74, 6) is 0.782. The molecule has 2 aromatic rings. The number of hydrogen-bond donors (Lipinski definition) is 2. The molecule has 0 fully saturated rings. The molecule has 0 spiro atoms. The molecule has 0 saturated carbocycles. The molecule has 0 aliphatic rings. The van der Waals surface area contributed by atoms with Crippen molar-refractivity contribution in [2.24, 2.45) is 0 Å². The predicted octanol–water partition coefficient (Wildman–Crippen LogP) is 3.45. The number of aryl methyl sites for hydroxylation is 3. The van der Waals surface area contributed by atoms with E-state index in [0.717, 1.165) is 16.9 Å². The third kappa shape index (κ3) is 4.81. The van der Waals surface area contributed by atoms with E-state index in [1.54, 1.807) is 0 Å². The van der Waals surface area contributed by atoms with E-state index in [2.05, 4.69) is 10.6 Å². The smallest absolute Gasteiger partial charge is 0.317 e. The van der Waals surface area contributed by atoms with Crippen molar-refractivity contribution in [2.45, 2.75) is 27.3 Å². The molecule has 4 nitrogen and oxygen atoms in total. The zero-order chi connectivity index (χ0) is 15.9. The van der Waals surface area contributed by atoms with E-state index in [4.69, 9.17) is 4.74 Å². The molecule has 2 N–H and O–H groups in total. The van der Waals surface area contributed by atoms with Crippen molar-refractivity contribution in [3.63, 3.8) is 0 Å². The molecule has 0 aliphatic carbocycles. The Labute approximate surface area is 131 Å². The molecule has 116 valence electrons. The average molecular weight is 298 g/mol. The number of rotatable bonds is 5. The molecule has 0 atom stereocenters. The molecule has 0 saturated heterocycles. The maximum absolute atomic E-state index is 11.7. The van der Waals surface area contributed by atoms with Crippen LogP contribution in [0, 0.1) is 20.8 Å². The molecule has 22 heavy (non-hydrogen) atoms.